The van der Waals surface area contributed by atoms with Gasteiger partial charge in [0.2, 0.25) is 5.91 Å². The number of nitrogens with zero attached hydrogens (tertiary/aromatic N) is 4. The molecule has 1 amide bonds. The van der Waals surface area contributed by atoms with Gasteiger partial charge >= 0.3 is 5.97 Å². The molecule has 0 saturated carbocycles. The summed E-state index contributed by atoms with van der Waals surface area (Å²) < 4.78 is 0. The fourth-order valence-corrected chi connectivity index (χ4v) is 3.44. The van der Waals surface area contributed by atoms with Crippen molar-refractivity contribution in [1.82, 2.24) is 14.9 Å². The summed E-state index contributed by atoms with van der Waals surface area (Å²) in [6, 6.07) is 1.71. The SMILES string of the molecule is C[C@@H]1CN(c2cc(Cl)nc(SCC(=O)O)n2)CCN1C(=O)C(C)(C)C. The molecule has 1 aromatic rings. The maximum atomic E-state index is 12.5. The van der Waals surface area contributed by atoms with E-state index in [4.69, 9.17) is 16.7 Å². The number of piperazine rings is 1. The first-order valence-corrected chi connectivity index (χ1v) is 9.39. The average Bonchev–Trinajstić information content (AvgIpc) is 2.50. The van der Waals surface area contributed by atoms with Gasteiger partial charge in [0.05, 0.1) is 5.75 Å². The molecule has 9 heteroatoms. The molecular weight excluding hydrogens is 364 g/mol. The third kappa shape index (κ3) is 5.22. The molecule has 0 spiro atoms. The summed E-state index contributed by atoms with van der Waals surface area (Å²) in [6.45, 7) is 9.66. The van der Waals surface area contributed by atoms with Gasteiger partial charge in [0.1, 0.15) is 11.0 Å². The minimum Gasteiger partial charge on any atom is -0.481 e. The van der Waals surface area contributed by atoms with E-state index in [0.29, 0.717) is 30.6 Å². The van der Waals surface area contributed by atoms with E-state index in [0.717, 1.165) is 11.8 Å². The molecule has 0 aliphatic carbocycles. The highest BCUT2D eigenvalue weighted by atomic mass is 35.5. The summed E-state index contributed by atoms with van der Waals surface area (Å²) in [7, 11) is 0. The lowest BCUT2D eigenvalue weighted by Crippen LogP contribution is -2.56. The molecule has 138 valence electrons. The molecule has 2 rings (SSSR count). The summed E-state index contributed by atoms with van der Waals surface area (Å²) >= 11 is 7.09. The van der Waals surface area contributed by atoms with Crippen molar-refractivity contribution in [2.75, 3.05) is 30.3 Å². The van der Waals surface area contributed by atoms with Gasteiger partial charge in [0, 0.05) is 37.2 Å². The highest BCUT2D eigenvalue weighted by Crippen LogP contribution is 2.26. The van der Waals surface area contributed by atoms with Crippen LogP contribution in [0, 0.1) is 5.41 Å². The number of anilines is 1. The molecule has 7 nitrogen and oxygen atoms in total. The largest absolute Gasteiger partial charge is 0.481 e. The molecule has 25 heavy (non-hydrogen) atoms. The normalized spacial score (nSPS) is 18.4. The molecule has 2 heterocycles. The van der Waals surface area contributed by atoms with Crippen molar-refractivity contribution in [3.05, 3.63) is 11.2 Å². The first-order chi connectivity index (χ1) is 11.6. The second kappa shape index (κ2) is 7.78. The quantitative estimate of drug-likeness (QED) is 0.483. The number of amides is 1. The zero-order valence-electron chi connectivity index (χ0n) is 14.8. The van der Waals surface area contributed by atoms with Crippen molar-refractivity contribution in [3.63, 3.8) is 0 Å². The highest BCUT2D eigenvalue weighted by Gasteiger charge is 2.34. The molecule has 0 radical (unpaired) electrons. The third-order valence-electron chi connectivity index (χ3n) is 3.84. The maximum absolute atomic E-state index is 12.5. The van der Waals surface area contributed by atoms with Crippen LogP contribution in [0.2, 0.25) is 5.15 Å². The van der Waals surface area contributed by atoms with Gasteiger partial charge in [-0.05, 0) is 6.92 Å². The van der Waals surface area contributed by atoms with Crippen LogP contribution in [0.4, 0.5) is 5.82 Å². The Morgan fingerprint density at radius 2 is 2.04 bits per heavy atom. The van der Waals surface area contributed by atoms with E-state index in [1.54, 1.807) is 6.07 Å². The zero-order valence-corrected chi connectivity index (χ0v) is 16.4. The van der Waals surface area contributed by atoms with Crippen molar-refractivity contribution in [3.8, 4) is 0 Å². The summed E-state index contributed by atoms with van der Waals surface area (Å²) in [5.41, 5.74) is -0.407. The fraction of sp³-hybridized carbons (Fsp3) is 0.625. The van der Waals surface area contributed by atoms with E-state index in [1.807, 2.05) is 32.6 Å². The van der Waals surface area contributed by atoms with Crippen LogP contribution in [0.3, 0.4) is 0 Å². The van der Waals surface area contributed by atoms with E-state index in [2.05, 4.69) is 14.9 Å². The molecule has 1 saturated heterocycles. The number of aliphatic carboxylic acids is 1. The number of hydrogen-bond donors (Lipinski definition) is 1. The van der Waals surface area contributed by atoms with Crippen molar-refractivity contribution in [2.24, 2.45) is 5.41 Å². The Hall–Kier alpha value is -1.54. The minimum atomic E-state index is -0.932. The van der Waals surface area contributed by atoms with E-state index >= 15 is 0 Å². The van der Waals surface area contributed by atoms with Gasteiger partial charge in [-0.15, -0.1) is 0 Å². The third-order valence-corrected chi connectivity index (χ3v) is 4.87. The van der Waals surface area contributed by atoms with Crippen molar-refractivity contribution in [1.29, 1.82) is 0 Å². The second-order valence-electron chi connectivity index (χ2n) is 7.06. The van der Waals surface area contributed by atoms with Gasteiger partial charge in [-0.3, -0.25) is 9.59 Å². The Labute approximate surface area is 156 Å². The van der Waals surface area contributed by atoms with Crippen LogP contribution in [0.5, 0.6) is 0 Å². The smallest absolute Gasteiger partial charge is 0.313 e. The molecule has 0 unspecified atom stereocenters. The number of rotatable bonds is 4. The minimum absolute atomic E-state index is 0.0457. The molecule has 0 aromatic carbocycles. The number of carboxylic acid groups (broad SMARTS) is 1. The Morgan fingerprint density at radius 3 is 2.60 bits per heavy atom. The molecule has 0 bridgehead atoms. The van der Waals surface area contributed by atoms with Gasteiger partial charge in [-0.25, -0.2) is 9.97 Å². The van der Waals surface area contributed by atoms with Crippen molar-refractivity contribution in [2.45, 2.75) is 38.9 Å². The summed E-state index contributed by atoms with van der Waals surface area (Å²) in [4.78, 5) is 35.7. The number of halogens is 1. The summed E-state index contributed by atoms with van der Waals surface area (Å²) in [5.74, 6) is -0.261. The monoisotopic (exact) mass is 386 g/mol. The summed E-state index contributed by atoms with van der Waals surface area (Å²) in [6.07, 6.45) is 0. The topological polar surface area (TPSA) is 86.6 Å². The van der Waals surface area contributed by atoms with Gasteiger partial charge < -0.3 is 14.9 Å². The van der Waals surface area contributed by atoms with Gasteiger partial charge in [0.15, 0.2) is 5.16 Å². The first-order valence-electron chi connectivity index (χ1n) is 8.03. The summed E-state index contributed by atoms with van der Waals surface area (Å²) in [5, 5.41) is 9.40. The van der Waals surface area contributed by atoms with E-state index < -0.39 is 11.4 Å². The van der Waals surface area contributed by atoms with Crippen LogP contribution < -0.4 is 4.90 Å². The highest BCUT2D eigenvalue weighted by molar-refractivity contribution is 7.99. The van der Waals surface area contributed by atoms with Crippen LogP contribution in [-0.4, -0.2) is 63.3 Å². The molecule has 1 aliphatic rings. The van der Waals surface area contributed by atoms with Gasteiger partial charge in [-0.2, -0.15) is 0 Å². The van der Waals surface area contributed by atoms with Crippen LogP contribution >= 0.6 is 23.4 Å². The van der Waals surface area contributed by atoms with Crippen LogP contribution in [0.25, 0.3) is 0 Å². The van der Waals surface area contributed by atoms with Crippen LogP contribution in [0.15, 0.2) is 11.2 Å². The fourth-order valence-electron chi connectivity index (χ4n) is 2.64. The predicted octanol–water partition coefficient (Wildman–Crippen LogP) is 2.39. The van der Waals surface area contributed by atoms with Crippen LogP contribution in [-0.2, 0) is 9.59 Å². The number of carbonyl (C=O) groups excluding carboxylic acids is 1. The predicted molar refractivity (Wildman–Crippen MR) is 98.2 cm³/mol. The Morgan fingerprint density at radius 1 is 1.36 bits per heavy atom. The standard InChI is InChI=1S/C16H23ClN4O3S/c1-10-8-20(5-6-21(10)14(24)16(2,3)4)12-7-11(17)18-15(19-12)25-9-13(22)23/h7,10H,5-6,8-9H2,1-4H3,(H,22,23)/t10-/m1/s1. The lowest BCUT2D eigenvalue weighted by molar-refractivity contribution is -0.142. The molecule has 1 fully saturated rings. The number of thioether (sulfide) groups is 1. The number of carbonyl (C=O) groups is 2. The first kappa shape index (κ1) is 19.8. The number of hydrogen-bond acceptors (Lipinski definition) is 6. The molecule has 1 atom stereocenters. The lowest BCUT2D eigenvalue weighted by atomic mass is 9.93. The maximum Gasteiger partial charge on any atom is 0.313 e. The average molecular weight is 387 g/mol. The van der Waals surface area contributed by atoms with Crippen molar-refractivity contribution < 1.29 is 14.7 Å². The molecule has 1 N–H and O–H groups in total. The molecule has 1 aromatic heterocycles. The van der Waals surface area contributed by atoms with Gasteiger partial charge in [0.25, 0.3) is 0 Å². The number of carboxylic acids is 1. The number of aromatic nitrogens is 2. The van der Waals surface area contributed by atoms with E-state index in [1.165, 1.54) is 0 Å². The van der Waals surface area contributed by atoms with Crippen molar-refractivity contribution >= 4 is 41.1 Å². The lowest BCUT2D eigenvalue weighted by Gasteiger charge is -2.42. The van der Waals surface area contributed by atoms with E-state index in [-0.39, 0.29) is 22.9 Å². The van der Waals surface area contributed by atoms with E-state index in [9.17, 15) is 9.59 Å². The second-order valence-corrected chi connectivity index (χ2v) is 8.39. The Bertz CT molecular complexity index is 665. The van der Waals surface area contributed by atoms with Gasteiger partial charge in [-0.1, -0.05) is 44.1 Å². The molecule has 1 aliphatic heterocycles. The van der Waals surface area contributed by atoms with Crippen LogP contribution in [0.1, 0.15) is 27.7 Å². The Kier molecular flexibility index (Phi) is 6.16. The Balaban J connectivity index is 2.11. The molecular formula is C16H23ClN4O3S. The zero-order chi connectivity index (χ0) is 18.8.